The standard InChI is InChI=1S/C18H26N2O2/c1-21-17(13-9-5-3-6-10-14-17)19-20-18(22-2)15-11-7-4-8-12-16-18/h3-9,11,13,15H2,1-2H3. The molecule has 4 nitrogen and oxygen atoms in total. The summed E-state index contributed by atoms with van der Waals surface area (Å²) < 4.78 is 11.2. The Bertz CT molecular complexity index is 463. The average Bonchev–Trinajstić information content (AvgIpc) is 2.49. The minimum atomic E-state index is -0.837. The topological polar surface area (TPSA) is 43.2 Å². The molecule has 0 aromatic rings. The molecule has 0 aliphatic heterocycles. The molecular weight excluding hydrogens is 276 g/mol. The van der Waals surface area contributed by atoms with Gasteiger partial charge in [-0.15, -0.1) is 10.2 Å². The second-order valence-corrected chi connectivity index (χ2v) is 5.90. The zero-order valence-corrected chi connectivity index (χ0v) is 13.8. The van der Waals surface area contributed by atoms with E-state index < -0.39 is 11.4 Å². The minimum Gasteiger partial charge on any atom is -0.346 e. The zero-order valence-electron chi connectivity index (χ0n) is 13.8. The van der Waals surface area contributed by atoms with E-state index in [9.17, 15) is 0 Å². The van der Waals surface area contributed by atoms with Crippen molar-refractivity contribution >= 4 is 0 Å². The summed E-state index contributed by atoms with van der Waals surface area (Å²) >= 11 is 0. The highest BCUT2D eigenvalue weighted by atomic mass is 16.5. The van der Waals surface area contributed by atoms with Gasteiger partial charge < -0.3 is 9.47 Å². The van der Waals surface area contributed by atoms with E-state index in [1.54, 1.807) is 14.2 Å². The van der Waals surface area contributed by atoms with Crippen molar-refractivity contribution < 1.29 is 9.47 Å². The highest BCUT2D eigenvalue weighted by Gasteiger charge is 2.32. The molecule has 120 valence electrons. The lowest BCUT2D eigenvalue weighted by atomic mass is 10.0. The molecule has 0 amide bonds. The van der Waals surface area contributed by atoms with Gasteiger partial charge in [0.1, 0.15) is 0 Å². The van der Waals surface area contributed by atoms with Crippen molar-refractivity contribution in [2.75, 3.05) is 14.2 Å². The highest BCUT2D eigenvalue weighted by molar-refractivity contribution is 5.17. The van der Waals surface area contributed by atoms with Gasteiger partial charge in [0.25, 0.3) is 0 Å². The van der Waals surface area contributed by atoms with Crippen LogP contribution in [0.5, 0.6) is 0 Å². The number of nitrogens with zero attached hydrogens (tertiary/aromatic N) is 2. The summed E-state index contributed by atoms with van der Waals surface area (Å²) in [6.45, 7) is 0. The predicted molar refractivity (Wildman–Crippen MR) is 86.1 cm³/mol. The molecule has 22 heavy (non-hydrogen) atoms. The lowest BCUT2D eigenvalue weighted by Gasteiger charge is -2.26. The third-order valence-electron chi connectivity index (χ3n) is 4.25. The molecule has 0 heterocycles. The fourth-order valence-corrected chi connectivity index (χ4v) is 2.74. The molecule has 2 rings (SSSR count). The molecule has 0 fully saturated rings. The van der Waals surface area contributed by atoms with Gasteiger partial charge in [-0.1, -0.05) is 24.7 Å². The Balaban J connectivity index is 2.24. The second kappa shape index (κ2) is 8.32. The van der Waals surface area contributed by atoms with E-state index in [1.165, 1.54) is 0 Å². The van der Waals surface area contributed by atoms with Gasteiger partial charge in [-0.05, 0) is 37.5 Å². The van der Waals surface area contributed by atoms with Gasteiger partial charge in [0.2, 0.25) is 11.4 Å². The molecule has 0 saturated heterocycles. The monoisotopic (exact) mass is 302 g/mol. The number of ether oxygens (including phenoxy) is 2. The fourth-order valence-electron chi connectivity index (χ4n) is 2.74. The Morgan fingerprint density at radius 2 is 1.14 bits per heavy atom. The van der Waals surface area contributed by atoms with Gasteiger partial charge in [-0.2, -0.15) is 0 Å². The van der Waals surface area contributed by atoms with Crippen LogP contribution >= 0.6 is 0 Å². The van der Waals surface area contributed by atoms with Gasteiger partial charge in [-0.3, -0.25) is 0 Å². The molecule has 2 unspecified atom stereocenters. The van der Waals surface area contributed by atoms with Crippen LogP contribution in [0.3, 0.4) is 0 Å². The lowest BCUT2D eigenvalue weighted by Crippen LogP contribution is -2.32. The largest absolute Gasteiger partial charge is 0.346 e. The molecule has 0 radical (unpaired) electrons. The van der Waals surface area contributed by atoms with Crippen molar-refractivity contribution in [2.24, 2.45) is 10.2 Å². The molecule has 0 saturated carbocycles. The molecule has 0 aromatic heterocycles. The van der Waals surface area contributed by atoms with E-state index in [-0.39, 0.29) is 0 Å². The van der Waals surface area contributed by atoms with E-state index in [2.05, 4.69) is 33.9 Å². The van der Waals surface area contributed by atoms with Crippen LogP contribution < -0.4 is 0 Å². The second-order valence-electron chi connectivity index (χ2n) is 5.90. The van der Waals surface area contributed by atoms with Crippen LogP contribution in [0.15, 0.2) is 10.2 Å². The Morgan fingerprint density at radius 3 is 1.55 bits per heavy atom. The van der Waals surface area contributed by atoms with Crippen LogP contribution in [0.4, 0.5) is 0 Å². The zero-order chi connectivity index (χ0) is 15.7. The van der Waals surface area contributed by atoms with Crippen molar-refractivity contribution in [1.29, 1.82) is 0 Å². The molecule has 0 aromatic carbocycles. The van der Waals surface area contributed by atoms with Crippen molar-refractivity contribution in [2.45, 2.75) is 75.7 Å². The van der Waals surface area contributed by atoms with Crippen molar-refractivity contribution in [1.82, 2.24) is 0 Å². The van der Waals surface area contributed by atoms with Crippen molar-refractivity contribution in [3.63, 3.8) is 0 Å². The first-order valence-electron chi connectivity index (χ1n) is 8.29. The van der Waals surface area contributed by atoms with E-state index in [0.717, 1.165) is 64.2 Å². The van der Waals surface area contributed by atoms with E-state index in [4.69, 9.17) is 9.47 Å². The first-order chi connectivity index (χ1) is 10.7. The number of hydrogen-bond donors (Lipinski definition) is 0. The first kappa shape index (κ1) is 17.0. The molecule has 4 heteroatoms. The Labute approximate surface area is 134 Å². The predicted octanol–water partition coefficient (Wildman–Crippen LogP) is 4.06. The van der Waals surface area contributed by atoms with Gasteiger partial charge in [-0.25, -0.2) is 0 Å². The average molecular weight is 302 g/mol. The van der Waals surface area contributed by atoms with Gasteiger partial charge in [0, 0.05) is 39.9 Å². The molecule has 2 aliphatic rings. The summed E-state index contributed by atoms with van der Waals surface area (Å²) in [5, 5.41) is 8.95. The van der Waals surface area contributed by atoms with Crippen LogP contribution in [-0.4, -0.2) is 25.7 Å². The SMILES string of the molecule is COC1(N=NC2(OC)C#CCCCCC2)C#CCCCCC1. The summed E-state index contributed by atoms with van der Waals surface area (Å²) in [7, 11) is 3.30. The third-order valence-corrected chi connectivity index (χ3v) is 4.25. The van der Waals surface area contributed by atoms with E-state index >= 15 is 0 Å². The Morgan fingerprint density at radius 1 is 0.682 bits per heavy atom. The fraction of sp³-hybridized carbons (Fsp3) is 0.778. The minimum absolute atomic E-state index is 0.771. The highest BCUT2D eigenvalue weighted by Crippen LogP contribution is 2.28. The van der Waals surface area contributed by atoms with Gasteiger partial charge >= 0.3 is 0 Å². The molecule has 2 atom stereocenters. The summed E-state index contributed by atoms with van der Waals surface area (Å²) in [4.78, 5) is 0. The first-order valence-corrected chi connectivity index (χ1v) is 8.29. The maximum absolute atomic E-state index is 5.61. The van der Waals surface area contributed by atoms with Crippen LogP contribution in [0, 0.1) is 23.7 Å². The van der Waals surface area contributed by atoms with Crippen LogP contribution in [0.25, 0.3) is 0 Å². The Kier molecular flexibility index (Phi) is 6.43. The third kappa shape index (κ3) is 4.57. The number of rotatable bonds is 4. The normalized spacial score (nSPS) is 32.6. The summed E-state index contributed by atoms with van der Waals surface area (Å²) in [6.07, 6.45) is 10.1. The molecule has 2 aliphatic carbocycles. The molecular formula is C18H26N2O2. The lowest BCUT2D eigenvalue weighted by molar-refractivity contribution is 0.000836. The maximum atomic E-state index is 5.61. The van der Waals surface area contributed by atoms with Crippen LogP contribution in [0.2, 0.25) is 0 Å². The van der Waals surface area contributed by atoms with E-state index in [1.807, 2.05) is 0 Å². The molecule has 0 N–H and O–H groups in total. The quantitative estimate of drug-likeness (QED) is 0.580. The van der Waals surface area contributed by atoms with Gasteiger partial charge in [0.05, 0.1) is 0 Å². The molecule has 0 spiro atoms. The smallest absolute Gasteiger partial charge is 0.241 e. The number of azo groups is 1. The van der Waals surface area contributed by atoms with Gasteiger partial charge in [0.15, 0.2) is 0 Å². The van der Waals surface area contributed by atoms with Crippen molar-refractivity contribution in [3.05, 3.63) is 0 Å². The van der Waals surface area contributed by atoms with Crippen LogP contribution in [-0.2, 0) is 9.47 Å². The number of hydrogen-bond acceptors (Lipinski definition) is 4. The van der Waals surface area contributed by atoms with Crippen molar-refractivity contribution in [3.8, 4) is 23.7 Å². The Hall–Kier alpha value is -1.36. The van der Waals surface area contributed by atoms with Crippen LogP contribution in [0.1, 0.15) is 64.2 Å². The summed E-state index contributed by atoms with van der Waals surface area (Å²) in [5.41, 5.74) is -1.67. The maximum Gasteiger partial charge on any atom is 0.241 e. The summed E-state index contributed by atoms with van der Waals surface area (Å²) in [6, 6.07) is 0. The number of methoxy groups -OCH3 is 2. The molecule has 0 bridgehead atoms. The van der Waals surface area contributed by atoms with E-state index in [0.29, 0.717) is 0 Å². The summed E-state index contributed by atoms with van der Waals surface area (Å²) in [5.74, 6) is 12.6.